The lowest BCUT2D eigenvalue weighted by atomic mass is 9.88. The second-order valence-electron chi connectivity index (χ2n) is 4.67. The molecule has 1 aromatic rings. The highest BCUT2D eigenvalue weighted by Gasteiger charge is 2.34. The molecule has 1 fully saturated rings. The molecule has 0 radical (unpaired) electrons. The van der Waals surface area contributed by atoms with Gasteiger partial charge >= 0.3 is 0 Å². The molecule has 98 valence electrons. The summed E-state index contributed by atoms with van der Waals surface area (Å²) < 4.78 is 31.6. The summed E-state index contributed by atoms with van der Waals surface area (Å²) in [7, 11) is 0. The van der Waals surface area contributed by atoms with Gasteiger partial charge in [0.05, 0.1) is 18.1 Å². The average molecular weight is 258 g/mol. The smallest absolute Gasteiger partial charge is 0.295 e. The van der Waals surface area contributed by atoms with Gasteiger partial charge in [0.15, 0.2) is 17.3 Å². The summed E-state index contributed by atoms with van der Waals surface area (Å²) in [6, 6.07) is 1.69. The predicted molar refractivity (Wildman–Crippen MR) is 60.4 cm³/mol. The van der Waals surface area contributed by atoms with Crippen molar-refractivity contribution < 1.29 is 18.4 Å². The Bertz CT molecular complexity index is 489. The van der Waals surface area contributed by atoms with Crippen molar-refractivity contribution >= 4 is 11.4 Å². The number of halogens is 2. The van der Waals surface area contributed by atoms with Gasteiger partial charge in [-0.3, -0.25) is 10.1 Å². The molecule has 0 atom stereocenters. The van der Waals surface area contributed by atoms with Gasteiger partial charge in [-0.1, -0.05) is 6.92 Å². The standard InChI is InChI=1S/C11H12F2N2O3/c1-11(5-18-6-11)4-14-10-8(15(16)17)3-2-7(12)9(10)13/h2-3,14H,4-6H2,1H3. The van der Waals surface area contributed by atoms with Gasteiger partial charge in [-0.15, -0.1) is 0 Å². The molecule has 0 bridgehead atoms. The zero-order chi connectivity index (χ0) is 13.3. The Hall–Kier alpha value is -1.76. The van der Waals surface area contributed by atoms with Crippen LogP contribution in [-0.4, -0.2) is 24.7 Å². The normalized spacial score (nSPS) is 17.1. The van der Waals surface area contributed by atoms with E-state index in [1.54, 1.807) is 0 Å². The Morgan fingerprint density at radius 3 is 2.67 bits per heavy atom. The maximum atomic E-state index is 13.5. The van der Waals surface area contributed by atoms with Crippen LogP contribution < -0.4 is 5.32 Å². The van der Waals surface area contributed by atoms with E-state index in [2.05, 4.69) is 5.32 Å². The third kappa shape index (κ3) is 2.26. The lowest BCUT2D eigenvalue weighted by molar-refractivity contribution is -0.384. The molecule has 1 saturated heterocycles. The molecule has 1 aromatic carbocycles. The Labute approximate surface area is 102 Å². The van der Waals surface area contributed by atoms with Crippen molar-refractivity contribution in [3.63, 3.8) is 0 Å². The largest absolute Gasteiger partial charge is 0.380 e. The van der Waals surface area contributed by atoms with Crippen LogP contribution >= 0.6 is 0 Å². The Morgan fingerprint density at radius 2 is 2.17 bits per heavy atom. The minimum absolute atomic E-state index is 0.202. The van der Waals surface area contributed by atoms with Crippen LogP contribution in [0.15, 0.2) is 12.1 Å². The quantitative estimate of drug-likeness (QED) is 0.665. The molecule has 2 rings (SSSR count). The maximum Gasteiger partial charge on any atom is 0.295 e. The molecular weight excluding hydrogens is 246 g/mol. The van der Waals surface area contributed by atoms with E-state index in [1.165, 1.54) is 0 Å². The molecule has 0 amide bonds. The van der Waals surface area contributed by atoms with E-state index in [9.17, 15) is 18.9 Å². The highest BCUT2D eigenvalue weighted by atomic mass is 19.2. The third-order valence-electron chi connectivity index (χ3n) is 2.86. The Balaban J connectivity index is 2.24. The summed E-state index contributed by atoms with van der Waals surface area (Å²) in [6.45, 7) is 3.16. The fourth-order valence-corrected chi connectivity index (χ4v) is 1.72. The topological polar surface area (TPSA) is 64.4 Å². The molecule has 0 saturated carbocycles. The number of nitro groups is 1. The maximum absolute atomic E-state index is 13.5. The summed E-state index contributed by atoms with van der Waals surface area (Å²) in [4.78, 5) is 10.00. The summed E-state index contributed by atoms with van der Waals surface area (Å²) >= 11 is 0. The number of anilines is 1. The van der Waals surface area contributed by atoms with E-state index in [0.717, 1.165) is 12.1 Å². The molecule has 0 aliphatic carbocycles. The summed E-state index contributed by atoms with van der Waals surface area (Å²) in [5.41, 5.74) is -1.09. The van der Waals surface area contributed by atoms with Crippen molar-refractivity contribution in [2.24, 2.45) is 5.41 Å². The van der Waals surface area contributed by atoms with E-state index >= 15 is 0 Å². The highest BCUT2D eigenvalue weighted by molar-refractivity contribution is 5.62. The number of hydrogen-bond acceptors (Lipinski definition) is 4. The van der Waals surface area contributed by atoms with Crippen molar-refractivity contribution in [3.8, 4) is 0 Å². The third-order valence-corrected chi connectivity index (χ3v) is 2.86. The minimum atomic E-state index is -1.23. The second-order valence-corrected chi connectivity index (χ2v) is 4.67. The molecule has 0 spiro atoms. The number of nitro benzene ring substituents is 1. The van der Waals surface area contributed by atoms with E-state index in [0.29, 0.717) is 13.2 Å². The molecule has 5 nitrogen and oxygen atoms in total. The zero-order valence-electron chi connectivity index (χ0n) is 9.70. The number of nitrogens with one attached hydrogen (secondary N) is 1. The van der Waals surface area contributed by atoms with Crippen molar-refractivity contribution in [1.29, 1.82) is 0 Å². The summed E-state index contributed by atoms with van der Waals surface area (Å²) in [6.07, 6.45) is 0. The van der Waals surface area contributed by atoms with Crippen LogP contribution in [0.5, 0.6) is 0 Å². The Kier molecular flexibility index (Phi) is 3.16. The number of hydrogen-bond donors (Lipinski definition) is 1. The molecule has 7 heteroatoms. The van der Waals surface area contributed by atoms with Crippen LogP contribution in [0.4, 0.5) is 20.2 Å². The molecule has 0 aromatic heterocycles. The first kappa shape index (κ1) is 12.7. The van der Waals surface area contributed by atoms with Gasteiger partial charge in [-0.25, -0.2) is 8.78 Å². The molecule has 1 aliphatic heterocycles. The van der Waals surface area contributed by atoms with Crippen LogP contribution in [0.25, 0.3) is 0 Å². The minimum Gasteiger partial charge on any atom is -0.380 e. The number of rotatable bonds is 4. The van der Waals surface area contributed by atoms with Crippen LogP contribution in [0, 0.1) is 27.2 Å². The van der Waals surface area contributed by atoms with Crippen LogP contribution in [-0.2, 0) is 4.74 Å². The van der Waals surface area contributed by atoms with Gasteiger partial charge < -0.3 is 10.1 Å². The molecule has 1 aliphatic rings. The first-order valence-corrected chi connectivity index (χ1v) is 5.37. The Morgan fingerprint density at radius 1 is 1.50 bits per heavy atom. The number of ether oxygens (including phenoxy) is 1. The molecule has 1 N–H and O–H groups in total. The molecule has 1 heterocycles. The number of benzene rings is 1. The van der Waals surface area contributed by atoms with E-state index in [4.69, 9.17) is 4.74 Å². The van der Waals surface area contributed by atoms with Gasteiger partial charge in [-0.2, -0.15) is 0 Å². The van der Waals surface area contributed by atoms with Gasteiger partial charge in [0, 0.05) is 18.0 Å². The van der Waals surface area contributed by atoms with E-state index < -0.39 is 27.9 Å². The summed E-state index contributed by atoms with van der Waals surface area (Å²) in [5.74, 6) is -2.34. The van der Waals surface area contributed by atoms with Crippen molar-refractivity contribution in [2.45, 2.75) is 6.92 Å². The van der Waals surface area contributed by atoms with Crippen LogP contribution in [0.3, 0.4) is 0 Å². The number of nitrogens with zero attached hydrogens (tertiary/aromatic N) is 1. The molecular formula is C11H12F2N2O3. The average Bonchev–Trinajstić information content (AvgIpc) is 2.28. The van der Waals surface area contributed by atoms with Gasteiger partial charge in [0.25, 0.3) is 5.69 Å². The molecule has 18 heavy (non-hydrogen) atoms. The van der Waals surface area contributed by atoms with Crippen molar-refractivity contribution in [2.75, 3.05) is 25.1 Å². The lowest BCUT2D eigenvalue weighted by Gasteiger charge is -2.38. The highest BCUT2D eigenvalue weighted by Crippen LogP contribution is 2.32. The van der Waals surface area contributed by atoms with Gasteiger partial charge in [0.2, 0.25) is 0 Å². The zero-order valence-corrected chi connectivity index (χ0v) is 9.70. The fraction of sp³-hybridized carbons (Fsp3) is 0.455. The van der Waals surface area contributed by atoms with Crippen LogP contribution in [0.1, 0.15) is 6.92 Å². The van der Waals surface area contributed by atoms with E-state index in [1.807, 2.05) is 6.92 Å². The lowest BCUT2D eigenvalue weighted by Crippen LogP contribution is -2.45. The first-order valence-electron chi connectivity index (χ1n) is 5.37. The first-order chi connectivity index (χ1) is 8.43. The van der Waals surface area contributed by atoms with Crippen molar-refractivity contribution in [1.82, 2.24) is 0 Å². The van der Waals surface area contributed by atoms with Crippen LogP contribution in [0.2, 0.25) is 0 Å². The monoisotopic (exact) mass is 258 g/mol. The fourth-order valence-electron chi connectivity index (χ4n) is 1.72. The van der Waals surface area contributed by atoms with Gasteiger partial charge in [0.1, 0.15) is 0 Å². The van der Waals surface area contributed by atoms with Gasteiger partial charge in [-0.05, 0) is 6.07 Å². The van der Waals surface area contributed by atoms with E-state index in [-0.39, 0.29) is 12.0 Å². The predicted octanol–water partition coefficient (Wildman–Crippen LogP) is 2.32. The SMILES string of the molecule is CC1(CNc2c([N+](=O)[O-])ccc(F)c2F)COC1. The second kappa shape index (κ2) is 4.49. The molecule has 0 unspecified atom stereocenters. The van der Waals surface area contributed by atoms with Crippen molar-refractivity contribution in [3.05, 3.63) is 33.9 Å². The summed E-state index contributed by atoms with van der Waals surface area (Å²) in [5, 5.41) is 13.4.